The summed E-state index contributed by atoms with van der Waals surface area (Å²) in [5.74, 6) is 0.191. The van der Waals surface area contributed by atoms with Gasteiger partial charge in [-0.1, -0.05) is 0 Å². The van der Waals surface area contributed by atoms with E-state index in [1.807, 2.05) is 6.07 Å². The van der Waals surface area contributed by atoms with Gasteiger partial charge < -0.3 is 15.2 Å². The molecule has 0 saturated carbocycles. The average molecular weight is 376 g/mol. The van der Waals surface area contributed by atoms with E-state index in [0.29, 0.717) is 10.2 Å². The van der Waals surface area contributed by atoms with Crippen LogP contribution in [0, 0.1) is 11.3 Å². The van der Waals surface area contributed by atoms with Gasteiger partial charge in [0, 0.05) is 16.7 Å². The van der Waals surface area contributed by atoms with E-state index in [1.165, 1.54) is 23.5 Å². The fourth-order valence-electron chi connectivity index (χ4n) is 1.97. The molecule has 0 radical (unpaired) electrons. The Labute approximate surface area is 131 Å². The zero-order valence-electron chi connectivity index (χ0n) is 11.2. The van der Waals surface area contributed by atoms with E-state index in [4.69, 9.17) is 20.5 Å². The predicted octanol–water partition coefficient (Wildman–Crippen LogP) is 0.953. The Morgan fingerprint density at radius 2 is 2.29 bits per heavy atom. The highest BCUT2D eigenvalue weighted by Crippen LogP contribution is 2.34. The first kappa shape index (κ1) is 16.0. The molecule has 0 aliphatic carbocycles. The molecule has 9 heteroatoms. The van der Waals surface area contributed by atoms with Crippen LogP contribution in [0.4, 0.5) is 5.69 Å². The van der Waals surface area contributed by atoms with E-state index in [9.17, 15) is 8.42 Å². The Morgan fingerprint density at radius 3 is 2.90 bits per heavy atom. The van der Waals surface area contributed by atoms with Crippen LogP contribution in [-0.2, 0) is 14.8 Å². The summed E-state index contributed by atoms with van der Waals surface area (Å²) in [6.07, 6.45) is -0.771. The fourth-order valence-corrected chi connectivity index (χ4v) is 3.89. The topological polar surface area (TPSA) is 106 Å². The van der Waals surface area contributed by atoms with Crippen LogP contribution in [-0.4, -0.2) is 45.6 Å². The number of ether oxygens (including phenoxy) is 2. The van der Waals surface area contributed by atoms with Crippen LogP contribution in [0.2, 0.25) is 0 Å². The highest BCUT2D eigenvalue weighted by Gasteiger charge is 2.33. The van der Waals surface area contributed by atoms with Crippen LogP contribution in [0.15, 0.2) is 21.5 Å². The molecule has 1 aromatic carbocycles. The molecule has 1 aliphatic heterocycles. The minimum atomic E-state index is -3.81. The lowest BCUT2D eigenvalue weighted by Gasteiger charge is -2.29. The summed E-state index contributed by atoms with van der Waals surface area (Å²) in [6, 6.07) is 4.76. The number of rotatable bonds is 3. The Bertz CT molecular complexity index is 686. The van der Waals surface area contributed by atoms with Crippen molar-refractivity contribution in [3.8, 4) is 11.8 Å². The smallest absolute Gasteiger partial charge is 0.247 e. The van der Waals surface area contributed by atoms with Gasteiger partial charge in [-0.25, -0.2) is 8.42 Å². The number of sulfonamides is 1. The van der Waals surface area contributed by atoms with Gasteiger partial charge in [0.2, 0.25) is 10.0 Å². The summed E-state index contributed by atoms with van der Waals surface area (Å²) in [6.45, 7) is 0.337. The number of methoxy groups -OCH3 is 1. The molecule has 0 amide bonds. The number of anilines is 1. The molecular formula is C12H14BrN3O4S. The fraction of sp³-hybridized carbons (Fsp3) is 0.417. The number of benzene rings is 1. The molecule has 0 bridgehead atoms. The van der Waals surface area contributed by atoms with E-state index in [1.54, 1.807) is 0 Å². The van der Waals surface area contributed by atoms with E-state index >= 15 is 0 Å². The number of nitrogens with two attached hydrogens (primary N) is 1. The van der Waals surface area contributed by atoms with E-state index < -0.39 is 16.1 Å². The lowest BCUT2D eigenvalue weighted by atomic mass is 10.3. The second-order valence-corrected chi connectivity index (χ2v) is 7.14. The molecule has 2 rings (SSSR count). The van der Waals surface area contributed by atoms with Crippen LogP contribution in [0.25, 0.3) is 0 Å². The molecule has 1 atom stereocenters. The molecule has 1 unspecified atom stereocenters. The van der Waals surface area contributed by atoms with Gasteiger partial charge >= 0.3 is 0 Å². The van der Waals surface area contributed by atoms with Gasteiger partial charge in [0.1, 0.15) is 10.6 Å². The van der Waals surface area contributed by atoms with Crippen LogP contribution >= 0.6 is 15.9 Å². The summed E-state index contributed by atoms with van der Waals surface area (Å²) in [7, 11) is -2.43. The first-order valence-electron chi connectivity index (χ1n) is 6.04. The maximum Gasteiger partial charge on any atom is 0.247 e. The molecule has 1 aromatic rings. The molecule has 0 aromatic heterocycles. The number of hydrogen-bond donors (Lipinski definition) is 1. The summed E-state index contributed by atoms with van der Waals surface area (Å²) in [5, 5.41) is 8.88. The molecule has 2 N–H and O–H groups in total. The summed E-state index contributed by atoms with van der Waals surface area (Å²) < 4.78 is 37.4. The van der Waals surface area contributed by atoms with Crippen molar-refractivity contribution in [2.45, 2.75) is 11.0 Å². The van der Waals surface area contributed by atoms with E-state index in [-0.39, 0.29) is 30.3 Å². The minimum absolute atomic E-state index is 0.0159. The minimum Gasteiger partial charge on any atom is -0.495 e. The van der Waals surface area contributed by atoms with Crippen LogP contribution in [0.3, 0.4) is 0 Å². The Kier molecular flexibility index (Phi) is 4.73. The molecular weight excluding hydrogens is 362 g/mol. The normalized spacial score (nSPS) is 20.0. The van der Waals surface area contributed by atoms with Gasteiger partial charge in [0.05, 0.1) is 26.3 Å². The average Bonchev–Trinajstić information content (AvgIpc) is 2.49. The quantitative estimate of drug-likeness (QED) is 0.788. The van der Waals surface area contributed by atoms with Crippen molar-refractivity contribution in [2.24, 2.45) is 0 Å². The van der Waals surface area contributed by atoms with Crippen molar-refractivity contribution in [2.75, 3.05) is 32.5 Å². The Morgan fingerprint density at radius 1 is 1.57 bits per heavy atom. The lowest BCUT2D eigenvalue weighted by Crippen LogP contribution is -2.45. The third-order valence-corrected chi connectivity index (χ3v) is 5.65. The van der Waals surface area contributed by atoms with Crippen molar-refractivity contribution in [3.63, 3.8) is 0 Å². The predicted molar refractivity (Wildman–Crippen MR) is 79.2 cm³/mol. The van der Waals surface area contributed by atoms with Crippen molar-refractivity contribution in [1.29, 1.82) is 5.26 Å². The number of nitriles is 1. The SMILES string of the molecule is COc1cc(Br)c(N)cc1S(=O)(=O)N1CCOC(C#N)C1. The Balaban J connectivity index is 2.44. The largest absolute Gasteiger partial charge is 0.495 e. The molecule has 21 heavy (non-hydrogen) atoms. The monoisotopic (exact) mass is 375 g/mol. The van der Waals surface area contributed by atoms with Crippen molar-refractivity contribution in [1.82, 2.24) is 4.31 Å². The number of halogens is 1. The molecule has 7 nitrogen and oxygen atoms in total. The van der Waals surface area contributed by atoms with Crippen molar-refractivity contribution >= 4 is 31.6 Å². The number of morpholine rings is 1. The molecule has 114 valence electrons. The molecule has 1 saturated heterocycles. The first-order valence-corrected chi connectivity index (χ1v) is 8.28. The highest BCUT2D eigenvalue weighted by atomic mass is 79.9. The van der Waals surface area contributed by atoms with Crippen LogP contribution < -0.4 is 10.5 Å². The Hall–Kier alpha value is -1.34. The van der Waals surface area contributed by atoms with E-state index in [0.717, 1.165) is 0 Å². The van der Waals surface area contributed by atoms with Gasteiger partial charge in [-0.15, -0.1) is 0 Å². The summed E-state index contributed by atoms with van der Waals surface area (Å²) in [4.78, 5) is -0.0238. The van der Waals surface area contributed by atoms with Crippen LogP contribution in [0.1, 0.15) is 0 Å². The third-order valence-electron chi connectivity index (χ3n) is 3.07. The number of hydrogen-bond acceptors (Lipinski definition) is 6. The zero-order valence-corrected chi connectivity index (χ0v) is 13.6. The first-order chi connectivity index (χ1) is 9.90. The van der Waals surface area contributed by atoms with Gasteiger partial charge in [-0.05, 0) is 28.1 Å². The van der Waals surface area contributed by atoms with Gasteiger partial charge in [0.25, 0.3) is 0 Å². The third kappa shape index (κ3) is 3.13. The standard InChI is InChI=1S/C12H14BrN3O4S/c1-19-11-4-9(13)10(15)5-12(11)21(17,18)16-2-3-20-8(6-14)7-16/h4-5,8H,2-3,7,15H2,1H3. The van der Waals surface area contributed by atoms with Gasteiger partial charge in [0.15, 0.2) is 6.10 Å². The number of nitrogen functional groups attached to an aromatic ring is 1. The number of nitrogens with zero attached hydrogens (tertiary/aromatic N) is 2. The maximum absolute atomic E-state index is 12.7. The summed E-state index contributed by atoms with van der Waals surface area (Å²) in [5.41, 5.74) is 6.05. The van der Waals surface area contributed by atoms with Crippen molar-refractivity contribution in [3.05, 3.63) is 16.6 Å². The molecule has 1 fully saturated rings. The summed E-state index contributed by atoms with van der Waals surface area (Å²) >= 11 is 3.23. The second kappa shape index (κ2) is 6.19. The lowest BCUT2D eigenvalue weighted by molar-refractivity contribution is 0.0311. The van der Waals surface area contributed by atoms with Crippen LogP contribution in [0.5, 0.6) is 5.75 Å². The highest BCUT2D eigenvalue weighted by molar-refractivity contribution is 9.10. The van der Waals surface area contributed by atoms with Gasteiger partial charge in [-0.2, -0.15) is 9.57 Å². The van der Waals surface area contributed by atoms with E-state index in [2.05, 4.69) is 15.9 Å². The van der Waals surface area contributed by atoms with Crippen molar-refractivity contribution < 1.29 is 17.9 Å². The maximum atomic E-state index is 12.7. The zero-order chi connectivity index (χ0) is 15.6. The second-order valence-electron chi connectivity index (χ2n) is 4.38. The molecule has 1 aliphatic rings. The van der Waals surface area contributed by atoms with Gasteiger partial charge in [-0.3, -0.25) is 0 Å². The molecule has 0 spiro atoms. The molecule has 1 heterocycles.